The molecule has 0 spiro atoms. The molecule has 1 unspecified atom stereocenters. The van der Waals surface area contributed by atoms with E-state index < -0.39 is 0 Å². The Balaban J connectivity index is 1.87. The molecular weight excluding hydrogens is 502 g/mol. The van der Waals surface area contributed by atoms with E-state index in [-0.39, 0.29) is 6.10 Å². The van der Waals surface area contributed by atoms with Gasteiger partial charge < -0.3 is 19.9 Å². The zero-order chi connectivity index (χ0) is 29.4. The van der Waals surface area contributed by atoms with E-state index in [1.54, 1.807) is 7.11 Å². The number of benzene rings is 1. The lowest BCUT2D eigenvalue weighted by atomic mass is 9.78. The summed E-state index contributed by atoms with van der Waals surface area (Å²) in [6.45, 7) is 17.0. The topological polar surface area (TPSA) is 27.7 Å². The molecule has 1 aromatic rings. The molecular formula is C37H51N3O. The van der Waals surface area contributed by atoms with Crippen LogP contribution in [-0.2, 0) is 11.2 Å². The standard InChI is InChI=1S/C37H51N3O/c1-8-20-38-25-27(4)40(10-3)28(5)33-22-32-23-34(41-7)18-17-31(32)24-36(30-14-12-11-13-15-30)35-19-16-29(9-2)21-37(35)39(6)26-33/h10,16-17,19,21-25,30,34,38H,3,5,8-9,11-15,18,20,26H2,1-2,4,6-7H3/b27-25+,33-22+,36-24+. The lowest BCUT2D eigenvalue weighted by Gasteiger charge is -2.33. The number of fused-ring (bicyclic) bond motifs is 2. The van der Waals surface area contributed by atoms with Crippen LogP contribution >= 0.6 is 0 Å². The summed E-state index contributed by atoms with van der Waals surface area (Å²) >= 11 is 0. The van der Waals surface area contributed by atoms with Crippen molar-refractivity contribution in [3.05, 3.63) is 107 Å². The minimum atomic E-state index is 0.0708. The first-order chi connectivity index (χ1) is 19.9. The summed E-state index contributed by atoms with van der Waals surface area (Å²) in [6, 6.07) is 7.12. The van der Waals surface area contributed by atoms with E-state index in [4.69, 9.17) is 4.74 Å². The SMILES string of the molecule is C=CN(C(=C)/C1=C/C2=CC(OC)CC=C2/C=C(\C2CCCCC2)c2ccc(CC)cc2N(C)C1)/C(C)=C/NCCC. The quantitative estimate of drug-likeness (QED) is 0.293. The zero-order valence-electron chi connectivity index (χ0n) is 26.1. The van der Waals surface area contributed by atoms with E-state index >= 15 is 0 Å². The van der Waals surface area contributed by atoms with Gasteiger partial charge in [-0.05, 0) is 91.0 Å². The lowest BCUT2D eigenvalue weighted by Crippen LogP contribution is -2.27. The number of ether oxygens (including phenoxy) is 1. The average molecular weight is 554 g/mol. The molecule has 0 aromatic heterocycles. The number of aryl methyl sites for hydroxylation is 1. The summed E-state index contributed by atoms with van der Waals surface area (Å²) in [5.41, 5.74) is 11.2. The third-order valence-corrected chi connectivity index (χ3v) is 8.79. The summed E-state index contributed by atoms with van der Waals surface area (Å²) in [5.74, 6) is 0.586. The van der Waals surface area contributed by atoms with Crippen LogP contribution in [0.5, 0.6) is 0 Å². The molecule has 1 aromatic carbocycles. The van der Waals surface area contributed by atoms with Gasteiger partial charge >= 0.3 is 0 Å². The fourth-order valence-electron chi connectivity index (χ4n) is 6.32. The van der Waals surface area contributed by atoms with Crippen molar-refractivity contribution in [3.63, 3.8) is 0 Å². The maximum absolute atomic E-state index is 5.82. The van der Waals surface area contributed by atoms with Crippen LogP contribution in [0.15, 0.2) is 96.2 Å². The van der Waals surface area contributed by atoms with Crippen LogP contribution in [0.25, 0.3) is 5.57 Å². The Morgan fingerprint density at radius 3 is 2.61 bits per heavy atom. The highest BCUT2D eigenvalue weighted by Gasteiger charge is 2.26. The normalized spacial score (nSPS) is 22.6. The number of allylic oxidation sites excluding steroid dienone is 6. The first kappa shape index (κ1) is 30.7. The van der Waals surface area contributed by atoms with E-state index in [0.29, 0.717) is 5.92 Å². The van der Waals surface area contributed by atoms with Gasteiger partial charge in [0.1, 0.15) is 0 Å². The third-order valence-electron chi connectivity index (χ3n) is 8.79. The lowest BCUT2D eigenvalue weighted by molar-refractivity contribution is 0.142. The molecule has 2 aliphatic carbocycles. The second-order valence-corrected chi connectivity index (χ2v) is 11.7. The highest BCUT2D eigenvalue weighted by Crippen LogP contribution is 2.42. The molecule has 0 bridgehead atoms. The molecule has 1 aliphatic heterocycles. The van der Waals surface area contributed by atoms with E-state index in [9.17, 15) is 0 Å². The van der Waals surface area contributed by atoms with E-state index in [2.05, 4.69) is 105 Å². The monoisotopic (exact) mass is 553 g/mol. The van der Waals surface area contributed by atoms with Crippen molar-refractivity contribution < 1.29 is 4.74 Å². The summed E-state index contributed by atoms with van der Waals surface area (Å²) in [6.07, 6.45) is 23.0. The van der Waals surface area contributed by atoms with Gasteiger partial charge in [0.25, 0.3) is 0 Å². The van der Waals surface area contributed by atoms with Crippen LogP contribution in [0, 0.1) is 5.92 Å². The molecule has 1 atom stereocenters. The van der Waals surface area contributed by atoms with Crippen molar-refractivity contribution in [1.29, 1.82) is 0 Å². The molecule has 1 N–H and O–H groups in total. The van der Waals surface area contributed by atoms with Crippen LogP contribution in [0.4, 0.5) is 5.69 Å². The van der Waals surface area contributed by atoms with Crippen LogP contribution in [0.2, 0.25) is 0 Å². The predicted octanol–water partition coefficient (Wildman–Crippen LogP) is 8.68. The van der Waals surface area contributed by atoms with Gasteiger partial charge in [-0.25, -0.2) is 0 Å². The minimum Gasteiger partial charge on any atom is -0.390 e. The van der Waals surface area contributed by atoms with Crippen molar-refractivity contribution in [2.75, 3.05) is 32.1 Å². The number of methoxy groups -OCH3 is 1. The number of nitrogens with zero attached hydrogens (tertiary/aromatic N) is 2. The predicted molar refractivity (Wildman–Crippen MR) is 177 cm³/mol. The van der Waals surface area contributed by atoms with Gasteiger partial charge in [-0.15, -0.1) is 0 Å². The van der Waals surface area contributed by atoms with Crippen LogP contribution in [0.1, 0.15) is 76.8 Å². The highest BCUT2D eigenvalue weighted by molar-refractivity contribution is 5.82. The van der Waals surface area contributed by atoms with E-state index in [1.165, 1.54) is 65.6 Å². The second kappa shape index (κ2) is 14.6. The molecule has 3 aliphatic rings. The molecule has 0 saturated heterocycles. The fraction of sp³-hybridized carbons (Fsp3) is 0.459. The van der Waals surface area contributed by atoms with Gasteiger partial charge in [0.05, 0.1) is 6.10 Å². The highest BCUT2D eigenvalue weighted by atomic mass is 16.5. The number of anilines is 1. The second-order valence-electron chi connectivity index (χ2n) is 11.7. The third kappa shape index (κ3) is 7.35. The van der Waals surface area contributed by atoms with Crippen LogP contribution in [0.3, 0.4) is 0 Å². The molecule has 0 amide bonds. The van der Waals surface area contributed by atoms with Gasteiger partial charge in [-0.1, -0.05) is 70.6 Å². The summed E-state index contributed by atoms with van der Waals surface area (Å²) < 4.78 is 5.82. The summed E-state index contributed by atoms with van der Waals surface area (Å²) in [5, 5.41) is 3.41. The number of nitrogens with one attached hydrogen (secondary N) is 1. The first-order valence-corrected chi connectivity index (χ1v) is 15.6. The van der Waals surface area contributed by atoms with Crippen molar-refractivity contribution in [3.8, 4) is 0 Å². The Morgan fingerprint density at radius 1 is 1.15 bits per heavy atom. The molecule has 4 heteroatoms. The molecule has 4 rings (SSSR count). The molecule has 1 heterocycles. The Labute approximate surface area is 249 Å². The summed E-state index contributed by atoms with van der Waals surface area (Å²) in [4.78, 5) is 4.52. The van der Waals surface area contributed by atoms with Gasteiger partial charge in [0.15, 0.2) is 0 Å². The van der Waals surface area contributed by atoms with E-state index in [0.717, 1.165) is 49.3 Å². The van der Waals surface area contributed by atoms with Crippen molar-refractivity contribution in [2.45, 2.75) is 78.2 Å². The van der Waals surface area contributed by atoms with Crippen molar-refractivity contribution in [1.82, 2.24) is 10.2 Å². The molecule has 4 nitrogen and oxygen atoms in total. The smallest absolute Gasteiger partial charge is 0.0795 e. The Morgan fingerprint density at radius 2 is 1.93 bits per heavy atom. The largest absolute Gasteiger partial charge is 0.390 e. The van der Waals surface area contributed by atoms with Crippen molar-refractivity contribution >= 4 is 11.3 Å². The minimum absolute atomic E-state index is 0.0708. The average Bonchev–Trinajstić information content (AvgIpc) is 3.00. The molecule has 1 fully saturated rings. The Kier molecular flexibility index (Phi) is 10.9. The van der Waals surface area contributed by atoms with Gasteiger partial charge in [-0.3, -0.25) is 0 Å². The first-order valence-electron chi connectivity index (χ1n) is 15.6. The van der Waals surface area contributed by atoms with Gasteiger partial charge in [0.2, 0.25) is 0 Å². The molecule has 41 heavy (non-hydrogen) atoms. The van der Waals surface area contributed by atoms with Gasteiger partial charge in [-0.2, -0.15) is 0 Å². The number of rotatable bonds is 10. The number of hydrogen-bond acceptors (Lipinski definition) is 4. The van der Waals surface area contributed by atoms with Gasteiger partial charge in [0, 0.05) is 62.3 Å². The number of likely N-dealkylation sites (N-methyl/N-ethyl adjacent to an activating group) is 1. The van der Waals surface area contributed by atoms with Crippen LogP contribution < -0.4 is 10.2 Å². The maximum Gasteiger partial charge on any atom is 0.0795 e. The molecule has 0 radical (unpaired) electrons. The van der Waals surface area contributed by atoms with Crippen molar-refractivity contribution in [2.24, 2.45) is 5.92 Å². The van der Waals surface area contributed by atoms with E-state index in [1.807, 2.05) is 6.20 Å². The maximum atomic E-state index is 5.82. The molecule has 1 saturated carbocycles. The fourth-order valence-corrected chi connectivity index (χ4v) is 6.32. The Hall–Kier alpha value is -3.24. The van der Waals surface area contributed by atoms with Crippen LogP contribution in [-0.4, -0.2) is 38.3 Å². The Bertz CT molecular complexity index is 1250. The summed E-state index contributed by atoms with van der Waals surface area (Å²) in [7, 11) is 4.03. The molecule has 220 valence electrons. The zero-order valence-corrected chi connectivity index (χ0v) is 26.1. The number of hydrogen-bond donors (Lipinski definition) is 1.